The molecule has 136 valence electrons. The Labute approximate surface area is 172 Å². The molecule has 0 bridgehead atoms. The summed E-state index contributed by atoms with van der Waals surface area (Å²) in [5, 5.41) is 4.03. The van der Waals surface area contributed by atoms with Crippen molar-refractivity contribution in [3.05, 3.63) is 98.6 Å². The first-order chi connectivity index (χ1) is 13.1. The second kappa shape index (κ2) is 9.32. The van der Waals surface area contributed by atoms with Gasteiger partial charge in [0.05, 0.1) is 6.21 Å². The van der Waals surface area contributed by atoms with Crippen LogP contribution in [0.4, 0.5) is 0 Å². The van der Waals surface area contributed by atoms with Crippen molar-refractivity contribution in [1.82, 2.24) is 5.43 Å². The van der Waals surface area contributed by atoms with Crippen molar-refractivity contribution in [3.8, 4) is 5.75 Å². The summed E-state index contributed by atoms with van der Waals surface area (Å²) >= 11 is 2.20. The largest absolute Gasteiger partial charge is 0.489 e. The van der Waals surface area contributed by atoms with Gasteiger partial charge in [-0.15, -0.1) is 0 Å². The average Bonchev–Trinajstić information content (AvgIpc) is 2.68. The summed E-state index contributed by atoms with van der Waals surface area (Å²) in [6.45, 7) is 2.56. The van der Waals surface area contributed by atoms with Crippen molar-refractivity contribution in [2.24, 2.45) is 5.10 Å². The molecule has 3 aromatic carbocycles. The highest BCUT2D eigenvalue weighted by atomic mass is 127. The van der Waals surface area contributed by atoms with Crippen LogP contribution < -0.4 is 10.2 Å². The maximum absolute atomic E-state index is 12.0. The SMILES string of the molecule is Cc1ccc(COc2cccc(/C=N\NC(=O)c3ccc(I)cc3)c2)cc1. The lowest BCUT2D eigenvalue weighted by atomic mass is 10.2. The molecular weight excluding hydrogens is 451 g/mol. The number of carbonyl (C=O) groups excluding carboxylic acids is 1. The lowest BCUT2D eigenvalue weighted by Crippen LogP contribution is -2.17. The minimum absolute atomic E-state index is 0.241. The van der Waals surface area contributed by atoms with E-state index in [0.717, 1.165) is 20.4 Å². The van der Waals surface area contributed by atoms with Crippen LogP contribution in [-0.2, 0) is 6.61 Å². The van der Waals surface area contributed by atoms with Gasteiger partial charge in [-0.2, -0.15) is 5.10 Å². The lowest BCUT2D eigenvalue weighted by molar-refractivity contribution is 0.0955. The summed E-state index contributed by atoms with van der Waals surface area (Å²) in [6.07, 6.45) is 1.60. The first-order valence-electron chi connectivity index (χ1n) is 8.47. The van der Waals surface area contributed by atoms with Crippen LogP contribution in [-0.4, -0.2) is 12.1 Å². The van der Waals surface area contributed by atoms with Crippen LogP contribution in [0.15, 0.2) is 77.9 Å². The monoisotopic (exact) mass is 470 g/mol. The fourth-order valence-corrected chi connectivity index (χ4v) is 2.73. The molecule has 0 spiro atoms. The zero-order valence-corrected chi connectivity index (χ0v) is 17.0. The van der Waals surface area contributed by atoms with Crippen LogP contribution in [0.1, 0.15) is 27.0 Å². The van der Waals surface area contributed by atoms with Crippen LogP contribution in [0.5, 0.6) is 5.75 Å². The smallest absolute Gasteiger partial charge is 0.271 e. The van der Waals surface area contributed by atoms with Gasteiger partial charge in [-0.25, -0.2) is 5.43 Å². The number of hydrogen-bond donors (Lipinski definition) is 1. The van der Waals surface area contributed by atoms with Gasteiger partial charge in [-0.1, -0.05) is 42.0 Å². The summed E-state index contributed by atoms with van der Waals surface area (Å²) in [6, 6.07) is 23.1. The normalized spacial score (nSPS) is 10.7. The molecule has 4 nitrogen and oxygen atoms in total. The Morgan fingerprint density at radius 2 is 1.81 bits per heavy atom. The van der Waals surface area contributed by atoms with E-state index in [1.807, 2.05) is 36.4 Å². The Hall–Kier alpha value is -2.67. The van der Waals surface area contributed by atoms with Crippen molar-refractivity contribution in [2.75, 3.05) is 0 Å². The first kappa shape index (κ1) is 19.1. The summed E-state index contributed by atoms with van der Waals surface area (Å²) in [4.78, 5) is 12.0. The van der Waals surface area contributed by atoms with Gasteiger partial charge in [0.2, 0.25) is 0 Å². The number of aryl methyl sites for hydroxylation is 1. The third kappa shape index (κ3) is 5.92. The van der Waals surface area contributed by atoms with Crippen LogP contribution in [0.3, 0.4) is 0 Å². The van der Waals surface area contributed by atoms with Gasteiger partial charge in [0.15, 0.2) is 0 Å². The van der Waals surface area contributed by atoms with E-state index in [9.17, 15) is 4.79 Å². The van der Waals surface area contributed by atoms with Crippen molar-refractivity contribution < 1.29 is 9.53 Å². The third-order valence-electron chi connectivity index (χ3n) is 3.87. The van der Waals surface area contributed by atoms with Gasteiger partial charge in [-0.3, -0.25) is 4.79 Å². The van der Waals surface area contributed by atoms with Crippen molar-refractivity contribution in [3.63, 3.8) is 0 Å². The van der Waals surface area contributed by atoms with E-state index in [2.05, 4.69) is 64.3 Å². The number of ether oxygens (including phenoxy) is 1. The van der Waals surface area contributed by atoms with Crippen LogP contribution in [0, 0.1) is 10.5 Å². The number of nitrogens with one attached hydrogen (secondary N) is 1. The van der Waals surface area contributed by atoms with E-state index < -0.39 is 0 Å². The Balaban J connectivity index is 1.56. The van der Waals surface area contributed by atoms with Crippen LogP contribution in [0.2, 0.25) is 0 Å². The van der Waals surface area contributed by atoms with E-state index >= 15 is 0 Å². The fourth-order valence-electron chi connectivity index (χ4n) is 2.37. The number of carbonyl (C=O) groups is 1. The number of benzene rings is 3. The second-order valence-corrected chi connectivity index (χ2v) is 7.30. The molecule has 0 fully saturated rings. The molecule has 0 saturated carbocycles. The molecule has 0 atom stereocenters. The van der Waals surface area contributed by atoms with Gasteiger partial charge in [0.25, 0.3) is 5.91 Å². The third-order valence-corrected chi connectivity index (χ3v) is 4.59. The molecule has 1 amide bonds. The first-order valence-corrected chi connectivity index (χ1v) is 9.55. The van der Waals surface area contributed by atoms with E-state index in [1.54, 1.807) is 18.3 Å². The summed E-state index contributed by atoms with van der Waals surface area (Å²) in [5.74, 6) is 0.512. The second-order valence-electron chi connectivity index (χ2n) is 6.05. The number of amides is 1. The Kier molecular flexibility index (Phi) is 6.59. The van der Waals surface area contributed by atoms with Crippen molar-refractivity contribution >= 4 is 34.7 Å². The molecule has 0 unspecified atom stereocenters. The zero-order valence-electron chi connectivity index (χ0n) is 14.9. The molecule has 0 heterocycles. The predicted octanol–water partition coefficient (Wildman–Crippen LogP) is 4.94. The topological polar surface area (TPSA) is 50.7 Å². The number of halogens is 1. The highest BCUT2D eigenvalue weighted by Gasteiger charge is 2.03. The maximum atomic E-state index is 12.0. The van der Waals surface area contributed by atoms with E-state index in [-0.39, 0.29) is 5.91 Å². The summed E-state index contributed by atoms with van der Waals surface area (Å²) in [7, 11) is 0. The van der Waals surface area contributed by atoms with Gasteiger partial charge < -0.3 is 4.74 Å². The Morgan fingerprint density at radius 1 is 1.07 bits per heavy atom. The fraction of sp³-hybridized carbons (Fsp3) is 0.0909. The van der Waals surface area contributed by atoms with Gasteiger partial charge in [-0.05, 0) is 77.0 Å². The number of rotatable bonds is 6. The highest BCUT2D eigenvalue weighted by molar-refractivity contribution is 14.1. The van der Waals surface area contributed by atoms with Crippen molar-refractivity contribution in [1.29, 1.82) is 0 Å². The Morgan fingerprint density at radius 3 is 2.56 bits per heavy atom. The number of hydrogen-bond acceptors (Lipinski definition) is 3. The van der Waals surface area contributed by atoms with E-state index in [1.165, 1.54) is 5.56 Å². The molecule has 5 heteroatoms. The molecule has 0 radical (unpaired) electrons. The Bertz CT molecular complexity index is 935. The molecule has 0 aromatic heterocycles. The van der Waals surface area contributed by atoms with Gasteiger partial charge in [0.1, 0.15) is 12.4 Å². The molecule has 0 aliphatic rings. The molecule has 3 rings (SSSR count). The number of nitrogens with zero attached hydrogens (tertiary/aromatic N) is 1. The lowest BCUT2D eigenvalue weighted by Gasteiger charge is -2.07. The van der Waals surface area contributed by atoms with E-state index in [0.29, 0.717) is 12.2 Å². The molecular formula is C22H19IN2O2. The highest BCUT2D eigenvalue weighted by Crippen LogP contribution is 2.14. The predicted molar refractivity (Wildman–Crippen MR) is 116 cm³/mol. The van der Waals surface area contributed by atoms with Crippen LogP contribution >= 0.6 is 22.6 Å². The maximum Gasteiger partial charge on any atom is 0.271 e. The molecule has 0 saturated heterocycles. The summed E-state index contributed by atoms with van der Waals surface area (Å²) in [5.41, 5.74) is 6.30. The molecule has 0 aliphatic heterocycles. The molecule has 3 aromatic rings. The number of hydrazone groups is 1. The zero-order chi connectivity index (χ0) is 19.1. The molecule has 27 heavy (non-hydrogen) atoms. The minimum Gasteiger partial charge on any atom is -0.489 e. The minimum atomic E-state index is -0.241. The van der Waals surface area contributed by atoms with E-state index in [4.69, 9.17) is 4.74 Å². The van der Waals surface area contributed by atoms with Crippen molar-refractivity contribution in [2.45, 2.75) is 13.5 Å². The molecule has 0 aliphatic carbocycles. The summed E-state index contributed by atoms with van der Waals surface area (Å²) < 4.78 is 6.91. The average molecular weight is 470 g/mol. The van der Waals surface area contributed by atoms with Crippen LogP contribution in [0.25, 0.3) is 0 Å². The molecule has 1 N–H and O–H groups in total. The standard InChI is InChI=1S/C22H19IN2O2/c1-16-5-7-17(8-6-16)15-27-21-4-2-3-18(13-21)14-24-25-22(26)19-9-11-20(23)12-10-19/h2-14H,15H2,1H3,(H,25,26)/b24-14-. The quantitative estimate of drug-likeness (QED) is 0.315. The van der Waals surface area contributed by atoms with Gasteiger partial charge in [0, 0.05) is 9.13 Å². The van der Waals surface area contributed by atoms with Gasteiger partial charge >= 0.3 is 0 Å².